The average molecular weight is 465 g/mol. The molecule has 0 saturated carbocycles. The number of amides is 3. The van der Waals surface area contributed by atoms with Crippen molar-refractivity contribution >= 4 is 41.4 Å². The molecule has 0 aromatic heterocycles. The zero-order valence-corrected chi connectivity index (χ0v) is 18.6. The summed E-state index contributed by atoms with van der Waals surface area (Å²) in [5.74, 6) is -5.09. The summed E-state index contributed by atoms with van der Waals surface area (Å²) in [7, 11) is 0. The van der Waals surface area contributed by atoms with Gasteiger partial charge in [-0.1, -0.05) is 20.3 Å². The third kappa shape index (κ3) is 10.5. The highest BCUT2D eigenvalue weighted by atomic mass is 32.2. The fourth-order valence-corrected chi connectivity index (χ4v) is 2.87. The predicted octanol–water partition coefficient (Wildman–Crippen LogP) is -1.88. The van der Waals surface area contributed by atoms with Crippen LogP contribution in [0.3, 0.4) is 0 Å². The zero-order valence-electron chi connectivity index (χ0n) is 17.8. The number of carbonyl (C=O) groups is 5. The van der Waals surface area contributed by atoms with E-state index in [1.165, 1.54) is 11.8 Å². The first-order valence-electron chi connectivity index (χ1n) is 9.69. The highest BCUT2D eigenvalue weighted by molar-refractivity contribution is 7.98. The van der Waals surface area contributed by atoms with Crippen LogP contribution in [0.1, 0.15) is 33.1 Å². The molecule has 0 spiro atoms. The van der Waals surface area contributed by atoms with E-state index >= 15 is 0 Å². The molecule has 0 bridgehead atoms. The second kappa shape index (κ2) is 14.6. The highest BCUT2D eigenvalue weighted by Gasteiger charge is 2.31. The van der Waals surface area contributed by atoms with E-state index in [-0.39, 0.29) is 12.3 Å². The van der Waals surface area contributed by atoms with Crippen LogP contribution in [0.15, 0.2) is 0 Å². The van der Waals surface area contributed by atoms with E-state index in [0.29, 0.717) is 12.2 Å². The Kier molecular flexibility index (Phi) is 13.5. The molecule has 5 unspecified atom stereocenters. The van der Waals surface area contributed by atoms with Gasteiger partial charge in [-0.2, -0.15) is 11.8 Å². The van der Waals surface area contributed by atoms with Gasteiger partial charge in [-0.3, -0.25) is 19.2 Å². The van der Waals surface area contributed by atoms with E-state index < -0.39 is 66.9 Å². The Balaban J connectivity index is 5.27. The third-order valence-electron chi connectivity index (χ3n) is 4.61. The first-order valence-corrected chi connectivity index (χ1v) is 11.1. The van der Waals surface area contributed by atoms with Crippen molar-refractivity contribution in [2.24, 2.45) is 11.7 Å². The van der Waals surface area contributed by atoms with Crippen LogP contribution in [0.4, 0.5) is 0 Å². The number of thioether (sulfide) groups is 1. The van der Waals surface area contributed by atoms with Crippen molar-refractivity contribution in [1.29, 1.82) is 0 Å². The van der Waals surface area contributed by atoms with Gasteiger partial charge in [0.25, 0.3) is 0 Å². The molecule has 0 aromatic carbocycles. The van der Waals surface area contributed by atoms with Crippen LogP contribution in [0.25, 0.3) is 0 Å². The molecule has 0 rings (SSSR count). The van der Waals surface area contributed by atoms with Crippen molar-refractivity contribution in [1.82, 2.24) is 16.0 Å². The largest absolute Gasteiger partial charge is 0.481 e. The lowest BCUT2D eigenvalue weighted by molar-refractivity contribution is -0.147. The molecular formula is C18H32N4O8S. The number of rotatable bonds is 15. The average Bonchev–Trinajstić information content (AvgIpc) is 2.72. The molecule has 0 aliphatic rings. The molecule has 178 valence electrons. The van der Waals surface area contributed by atoms with Gasteiger partial charge in [-0.25, -0.2) is 4.79 Å². The number of aliphatic hydroxyl groups is 1. The number of carboxylic acids is 2. The Morgan fingerprint density at radius 2 is 1.45 bits per heavy atom. The van der Waals surface area contributed by atoms with Crippen molar-refractivity contribution in [3.05, 3.63) is 0 Å². The number of aliphatic carboxylic acids is 2. The molecule has 5 atom stereocenters. The number of carboxylic acid groups (broad SMARTS) is 2. The minimum Gasteiger partial charge on any atom is -0.481 e. The monoisotopic (exact) mass is 464 g/mol. The number of nitrogens with two attached hydrogens (primary N) is 1. The molecule has 3 amide bonds. The van der Waals surface area contributed by atoms with E-state index in [9.17, 15) is 29.1 Å². The number of aliphatic hydroxyl groups excluding tert-OH is 1. The quantitative estimate of drug-likeness (QED) is 0.143. The van der Waals surface area contributed by atoms with Gasteiger partial charge in [0.2, 0.25) is 17.7 Å². The molecule has 31 heavy (non-hydrogen) atoms. The first-order chi connectivity index (χ1) is 14.5. The summed E-state index contributed by atoms with van der Waals surface area (Å²) in [5, 5.41) is 34.2. The van der Waals surface area contributed by atoms with E-state index in [1.807, 2.05) is 6.92 Å². The molecular weight excluding hydrogens is 432 g/mol. The number of nitrogens with one attached hydrogen (secondary N) is 3. The highest BCUT2D eigenvalue weighted by Crippen LogP contribution is 2.06. The fourth-order valence-electron chi connectivity index (χ4n) is 2.40. The third-order valence-corrected chi connectivity index (χ3v) is 5.26. The molecule has 0 fully saturated rings. The summed E-state index contributed by atoms with van der Waals surface area (Å²) in [6.45, 7) is 2.85. The lowest BCUT2D eigenvalue weighted by Crippen LogP contribution is -2.58. The summed E-state index contributed by atoms with van der Waals surface area (Å²) in [4.78, 5) is 59.2. The molecule has 12 nitrogen and oxygen atoms in total. The van der Waals surface area contributed by atoms with E-state index in [0.717, 1.165) is 0 Å². The smallest absolute Gasteiger partial charge is 0.326 e. The van der Waals surface area contributed by atoms with Gasteiger partial charge in [0, 0.05) is 0 Å². The maximum absolute atomic E-state index is 12.5. The van der Waals surface area contributed by atoms with Gasteiger partial charge in [0.1, 0.15) is 18.1 Å². The van der Waals surface area contributed by atoms with Gasteiger partial charge in [0.05, 0.1) is 19.1 Å². The van der Waals surface area contributed by atoms with Gasteiger partial charge >= 0.3 is 11.9 Å². The summed E-state index contributed by atoms with van der Waals surface area (Å²) in [5.41, 5.74) is 5.82. The standard InChI is InChI=1S/C18H32N4O8S/c1-4-9(2)14(19)17(28)22-12(8-23)16(27)20-10(5-6-31-3)15(26)21-11(18(29)30)7-13(24)25/h9-12,14,23H,4-8,19H2,1-3H3,(H,20,27)(H,21,26)(H,22,28)(H,24,25)(H,29,30). The first kappa shape index (κ1) is 28.6. The number of carbonyl (C=O) groups excluding carboxylic acids is 3. The molecule has 8 N–H and O–H groups in total. The number of hydrogen-bond donors (Lipinski definition) is 7. The van der Waals surface area contributed by atoms with E-state index in [4.69, 9.17) is 15.9 Å². The van der Waals surface area contributed by atoms with Gasteiger partial charge in [-0.05, 0) is 24.3 Å². The lowest BCUT2D eigenvalue weighted by atomic mass is 9.99. The summed E-state index contributed by atoms with van der Waals surface area (Å²) in [6, 6.07) is -5.15. The fraction of sp³-hybridized carbons (Fsp3) is 0.722. The van der Waals surface area contributed by atoms with Crippen LogP contribution in [0.2, 0.25) is 0 Å². The van der Waals surface area contributed by atoms with Crippen molar-refractivity contribution in [2.75, 3.05) is 18.6 Å². The Hall–Kier alpha value is -2.38. The maximum atomic E-state index is 12.5. The second-order valence-electron chi connectivity index (χ2n) is 6.99. The van der Waals surface area contributed by atoms with Crippen LogP contribution < -0.4 is 21.7 Å². The Bertz CT molecular complexity index is 648. The SMILES string of the molecule is CCC(C)C(N)C(=O)NC(CO)C(=O)NC(CCSC)C(=O)NC(CC(=O)O)C(=O)O. The zero-order chi connectivity index (χ0) is 24.1. The molecule has 13 heteroatoms. The van der Waals surface area contributed by atoms with Crippen LogP contribution >= 0.6 is 11.8 Å². The van der Waals surface area contributed by atoms with Crippen LogP contribution in [0, 0.1) is 5.92 Å². The Morgan fingerprint density at radius 1 is 0.935 bits per heavy atom. The summed E-state index contributed by atoms with van der Waals surface area (Å²) >= 11 is 1.37. The lowest BCUT2D eigenvalue weighted by Gasteiger charge is -2.25. The van der Waals surface area contributed by atoms with Crippen LogP contribution in [-0.2, 0) is 24.0 Å². The molecule has 0 radical (unpaired) electrons. The van der Waals surface area contributed by atoms with Crippen molar-refractivity contribution in [2.45, 2.75) is 57.3 Å². The Morgan fingerprint density at radius 3 is 1.90 bits per heavy atom. The molecule has 0 aliphatic heterocycles. The maximum Gasteiger partial charge on any atom is 0.326 e. The predicted molar refractivity (Wildman–Crippen MR) is 113 cm³/mol. The summed E-state index contributed by atoms with van der Waals surface area (Å²) in [6.07, 6.45) is 1.65. The topological polar surface area (TPSA) is 208 Å². The van der Waals surface area contributed by atoms with Crippen molar-refractivity contribution in [3.8, 4) is 0 Å². The molecule has 0 saturated heterocycles. The normalized spacial score (nSPS) is 15.6. The van der Waals surface area contributed by atoms with E-state index in [1.54, 1.807) is 13.2 Å². The van der Waals surface area contributed by atoms with Gasteiger partial charge < -0.3 is 37.0 Å². The molecule has 0 aromatic rings. The van der Waals surface area contributed by atoms with Crippen LogP contribution in [0.5, 0.6) is 0 Å². The van der Waals surface area contributed by atoms with Gasteiger partial charge in [-0.15, -0.1) is 0 Å². The second-order valence-corrected chi connectivity index (χ2v) is 7.98. The molecule has 0 heterocycles. The Labute approximate surface area is 184 Å². The van der Waals surface area contributed by atoms with Crippen LogP contribution in [-0.4, -0.2) is 87.8 Å². The van der Waals surface area contributed by atoms with Crippen molar-refractivity contribution < 1.29 is 39.3 Å². The minimum absolute atomic E-state index is 0.108. The summed E-state index contributed by atoms with van der Waals surface area (Å²) < 4.78 is 0. The van der Waals surface area contributed by atoms with E-state index in [2.05, 4.69) is 16.0 Å². The molecule has 0 aliphatic carbocycles. The van der Waals surface area contributed by atoms with Crippen molar-refractivity contribution in [3.63, 3.8) is 0 Å². The minimum atomic E-state index is -1.68. The van der Waals surface area contributed by atoms with Gasteiger partial charge in [0.15, 0.2) is 0 Å². The number of hydrogen-bond acceptors (Lipinski definition) is 8.